The molecule has 0 radical (unpaired) electrons. The number of hydrogen-bond donors (Lipinski definition) is 2. The van der Waals surface area contributed by atoms with E-state index in [1.54, 1.807) is 6.07 Å². The van der Waals surface area contributed by atoms with Crippen molar-refractivity contribution in [2.75, 3.05) is 26.7 Å². The zero-order chi connectivity index (χ0) is 13.1. The van der Waals surface area contributed by atoms with Crippen LogP contribution in [0.2, 0.25) is 10.2 Å². The highest BCUT2D eigenvalue weighted by molar-refractivity contribution is 6.41. The second-order valence-corrected chi connectivity index (χ2v) is 5.45. The van der Waals surface area contributed by atoms with E-state index in [1.807, 2.05) is 11.9 Å². The lowest BCUT2D eigenvalue weighted by atomic mass is 9.98. The van der Waals surface area contributed by atoms with Crippen LogP contribution in [-0.2, 0) is 0 Å². The first kappa shape index (κ1) is 13.7. The number of rotatable bonds is 3. The van der Waals surface area contributed by atoms with E-state index in [4.69, 9.17) is 23.2 Å². The highest BCUT2D eigenvalue weighted by atomic mass is 35.5. The molecule has 1 fully saturated rings. The quantitative estimate of drug-likeness (QED) is 0.898. The third kappa shape index (κ3) is 2.99. The van der Waals surface area contributed by atoms with Gasteiger partial charge < -0.3 is 15.2 Å². The minimum absolute atomic E-state index is 0.0235. The fraction of sp³-hybridized carbons (Fsp3) is 0.583. The van der Waals surface area contributed by atoms with Gasteiger partial charge in [-0.3, -0.25) is 4.79 Å². The Morgan fingerprint density at radius 1 is 1.61 bits per heavy atom. The smallest absolute Gasteiger partial charge is 0.270 e. The van der Waals surface area contributed by atoms with E-state index in [-0.39, 0.29) is 5.91 Å². The summed E-state index contributed by atoms with van der Waals surface area (Å²) >= 11 is 11.7. The van der Waals surface area contributed by atoms with E-state index in [0.29, 0.717) is 21.8 Å². The average molecular weight is 290 g/mol. The Morgan fingerprint density at radius 3 is 3.00 bits per heavy atom. The van der Waals surface area contributed by atoms with Crippen LogP contribution < -0.4 is 5.32 Å². The SMILES string of the molecule is CNC[C@H]1CCCN(C(=O)c2cc(Cl)c(Cl)[nH]2)C1. The Kier molecular flexibility index (Phi) is 4.54. The van der Waals surface area contributed by atoms with Gasteiger partial charge in [0.15, 0.2) is 0 Å². The fourth-order valence-corrected chi connectivity index (χ4v) is 2.71. The summed E-state index contributed by atoms with van der Waals surface area (Å²) in [5.41, 5.74) is 0.468. The second-order valence-electron chi connectivity index (χ2n) is 4.66. The molecule has 1 saturated heterocycles. The van der Waals surface area contributed by atoms with Crippen molar-refractivity contribution in [3.05, 3.63) is 21.9 Å². The molecule has 1 atom stereocenters. The Morgan fingerprint density at radius 2 is 2.39 bits per heavy atom. The van der Waals surface area contributed by atoms with Crippen LogP contribution in [0.15, 0.2) is 6.07 Å². The molecular weight excluding hydrogens is 273 g/mol. The van der Waals surface area contributed by atoms with Crippen molar-refractivity contribution in [1.82, 2.24) is 15.2 Å². The molecular formula is C12H17Cl2N3O. The predicted octanol–water partition coefficient (Wildman–Crippen LogP) is 2.39. The van der Waals surface area contributed by atoms with E-state index >= 15 is 0 Å². The summed E-state index contributed by atoms with van der Waals surface area (Å²) in [6.45, 7) is 2.53. The molecule has 1 aliphatic heterocycles. The van der Waals surface area contributed by atoms with Gasteiger partial charge in [-0.1, -0.05) is 23.2 Å². The van der Waals surface area contributed by atoms with Crippen LogP contribution in [0.25, 0.3) is 0 Å². The molecule has 2 N–H and O–H groups in total. The van der Waals surface area contributed by atoms with Crippen LogP contribution in [0, 0.1) is 5.92 Å². The Bertz CT molecular complexity index is 411. The van der Waals surface area contributed by atoms with Crippen LogP contribution in [0.1, 0.15) is 23.3 Å². The molecule has 1 amide bonds. The fourth-order valence-electron chi connectivity index (χ4n) is 2.39. The van der Waals surface area contributed by atoms with Crippen molar-refractivity contribution in [2.45, 2.75) is 12.8 Å². The van der Waals surface area contributed by atoms with Crippen LogP contribution in [0.3, 0.4) is 0 Å². The molecule has 0 spiro atoms. The number of nitrogens with zero attached hydrogens (tertiary/aromatic N) is 1. The van der Waals surface area contributed by atoms with Crippen LogP contribution in [-0.4, -0.2) is 42.5 Å². The number of carbonyl (C=O) groups excluding carboxylic acids is 1. The summed E-state index contributed by atoms with van der Waals surface area (Å²) in [5, 5.41) is 3.88. The summed E-state index contributed by atoms with van der Waals surface area (Å²) in [5.74, 6) is 0.498. The summed E-state index contributed by atoms with van der Waals surface area (Å²) in [7, 11) is 1.94. The number of aromatic nitrogens is 1. The largest absolute Gasteiger partial charge is 0.340 e. The number of halogens is 2. The first-order valence-corrected chi connectivity index (χ1v) is 6.85. The molecule has 0 aromatic carbocycles. The van der Waals surface area contributed by atoms with E-state index in [2.05, 4.69) is 10.3 Å². The van der Waals surface area contributed by atoms with Crippen LogP contribution >= 0.6 is 23.2 Å². The maximum Gasteiger partial charge on any atom is 0.270 e. The minimum atomic E-state index is -0.0235. The molecule has 18 heavy (non-hydrogen) atoms. The van der Waals surface area contributed by atoms with E-state index in [0.717, 1.165) is 32.5 Å². The first-order valence-electron chi connectivity index (χ1n) is 6.09. The third-order valence-electron chi connectivity index (χ3n) is 3.25. The number of carbonyl (C=O) groups is 1. The Hall–Kier alpha value is -0.710. The Labute approximate surface area is 117 Å². The highest BCUT2D eigenvalue weighted by Crippen LogP contribution is 2.24. The number of piperidine rings is 1. The van der Waals surface area contributed by atoms with E-state index < -0.39 is 0 Å². The van der Waals surface area contributed by atoms with Gasteiger partial charge in [0, 0.05) is 13.1 Å². The molecule has 2 rings (SSSR count). The first-order chi connectivity index (χ1) is 8.61. The Balaban J connectivity index is 2.04. The summed E-state index contributed by atoms with van der Waals surface area (Å²) < 4.78 is 0. The van der Waals surface area contributed by atoms with Crippen molar-refractivity contribution < 1.29 is 4.79 Å². The molecule has 1 aromatic heterocycles. The van der Waals surface area contributed by atoms with Gasteiger partial charge in [0.1, 0.15) is 10.8 Å². The second kappa shape index (κ2) is 5.95. The number of H-pyrrole nitrogens is 1. The van der Waals surface area contributed by atoms with Crippen molar-refractivity contribution >= 4 is 29.1 Å². The molecule has 0 unspecified atom stereocenters. The van der Waals surface area contributed by atoms with Crippen molar-refractivity contribution in [3.63, 3.8) is 0 Å². The van der Waals surface area contributed by atoms with Gasteiger partial charge >= 0.3 is 0 Å². The van der Waals surface area contributed by atoms with Crippen molar-refractivity contribution in [2.24, 2.45) is 5.92 Å². The third-order valence-corrected chi connectivity index (χ3v) is 3.95. The number of likely N-dealkylation sites (tertiary alicyclic amines) is 1. The minimum Gasteiger partial charge on any atom is -0.340 e. The van der Waals surface area contributed by atoms with Gasteiger partial charge in [0.25, 0.3) is 5.91 Å². The molecule has 4 nitrogen and oxygen atoms in total. The van der Waals surface area contributed by atoms with Gasteiger partial charge in [-0.05, 0) is 38.4 Å². The van der Waals surface area contributed by atoms with Gasteiger partial charge in [0.2, 0.25) is 0 Å². The maximum atomic E-state index is 12.3. The molecule has 6 heteroatoms. The molecule has 2 heterocycles. The zero-order valence-corrected chi connectivity index (χ0v) is 11.8. The number of aromatic amines is 1. The molecule has 1 aliphatic rings. The summed E-state index contributed by atoms with van der Waals surface area (Å²) in [4.78, 5) is 17.0. The number of hydrogen-bond acceptors (Lipinski definition) is 2. The van der Waals surface area contributed by atoms with Crippen LogP contribution in [0.5, 0.6) is 0 Å². The van der Waals surface area contributed by atoms with Gasteiger partial charge in [-0.15, -0.1) is 0 Å². The van der Waals surface area contributed by atoms with Gasteiger partial charge in [-0.25, -0.2) is 0 Å². The topological polar surface area (TPSA) is 48.1 Å². The normalized spacial score (nSPS) is 20.2. The summed E-state index contributed by atoms with van der Waals surface area (Å²) in [6, 6.07) is 1.59. The predicted molar refractivity (Wildman–Crippen MR) is 73.4 cm³/mol. The lowest BCUT2D eigenvalue weighted by molar-refractivity contribution is 0.0669. The molecule has 0 aliphatic carbocycles. The maximum absolute atomic E-state index is 12.3. The standard InChI is InChI=1S/C12H17Cl2N3O/c1-15-6-8-3-2-4-17(7-8)12(18)10-5-9(13)11(14)16-10/h5,8,15-16H,2-4,6-7H2,1H3/t8-/m1/s1. The van der Waals surface area contributed by atoms with Crippen molar-refractivity contribution in [3.8, 4) is 0 Å². The summed E-state index contributed by atoms with van der Waals surface area (Å²) in [6.07, 6.45) is 2.21. The molecule has 0 saturated carbocycles. The highest BCUT2D eigenvalue weighted by Gasteiger charge is 2.25. The van der Waals surface area contributed by atoms with Crippen LogP contribution in [0.4, 0.5) is 0 Å². The number of nitrogens with one attached hydrogen (secondary N) is 2. The zero-order valence-electron chi connectivity index (χ0n) is 10.3. The monoisotopic (exact) mass is 289 g/mol. The molecule has 100 valence electrons. The molecule has 0 bridgehead atoms. The van der Waals surface area contributed by atoms with Crippen molar-refractivity contribution in [1.29, 1.82) is 0 Å². The number of amides is 1. The van der Waals surface area contributed by atoms with E-state index in [1.165, 1.54) is 0 Å². The lowest BCUT2D eigenvalue weighted by Gasteiger charge is -2.32. The van der Waals surface area contributed by atoms with E-state index in [9.17, 15) is 4.79 Å². The molecule has 1 aromatic rings. The van der Waals surface area contributed by atoms with Gasteiger partial charge in [-0.2, -0.15) is 0 Å². The lowest BCUT2D eigenvalue weighted by Crippen LogP contribution is -2.42. The van der Waals surface area contributed by atoms with Gasteiger partial charge in [0.05, 0.1) is 5.02 Å². The average Bonchev–Trinajstić information content (AvgIpc) is 2.69.